The van der Waals surface area contributed by atoms with Crippen LogP contribution in [-0.4, -0.2) is 41.6 Å². The summed E-state index contributed by atoms with van der Waals surface area (Å²) in [4.78, 5) is 25.3. The molecule has 0 aliphatic carbocycles. The Morgan fingerprint density at radius 1 is 1.43 bits per heavy atom. The lowest BCUT2D eigenvalue weighted by Gasteiger charge is -2.20. The molecule has 0 bridgehead atoms. The highest BCUT2D eigenvalue weighted by Crippen LogP contribution is 2.31. The van der Waals surface area contributed by atoms with Crippen molar-refractivity contribution in [3.05, 3.63) is 29.8 Å². The van der Waals surface area contributed by atoms with E-state index in [0.29, 0.717) is 30.9 Å². The summed E-state index contributed by atoms with van der Waals surface area (Å²) in [5, 5.41) is 9.23. The van der Waals surface area contributed by atoms with Crippen LogP contribution in [-0.2, 0) is 4.79 Å². The van der Waals surface area contributed by atoms with E-state index >= 15 is 0 Å². The van der Waals surface area contributed by atoms with Crippen LogP contribution in [0.15, 0.2) is 24.3 Å². The summed E-state index contributed by atoms with van der Waals surface area (Å²) >= 11 is 0. The summed E-state index contributed by atoms with van der Waals surface area (Å²) in [5.74, 6) is -0.317. The number of carbonyl (C=O) groups excluding carboxylic acids is 1. The van der Waals surface area contributed by atoms with Crippen molar-refractivity contribution in [3.8, 4) is 5.75 Å². The van der Waals surface area contributed by atoms with Crippen LogP contribution < -0.4 is 4.74 Å². The first-order valence-corrected chi connectivity index (χ1v) is 7.22. The normalized spacial score (nSPS) is 21.3. The van der Waals surface area contributed by atoms with Crippen LogP contribution in [0, 0.1) is 5.41 Å². The number of likely N-dealkylation sites (tertiary alicyclic amines) is 1. The molecular formula is C16H21NO4. The third-order valence-electron chi connectivity index (χ3n) is 3.83. The lowest BCUT2D eigenvalue weighted by Crippen LogP contribution is -2.34. The van der Waals surface area contributed by atoms with Gasteiger partial charge in [-0.15, -0.1) is 0 Å². The van der Waals surface area contributed by atoms with Gasteiger partial charge in [0.2, 0.25) is 0 Å². The number of aliphatic carboxylic acids is 1. The average Bonchev–Trinajstić information content (AvgIpc) is 2.88. The van der Waals surface area contributed by atoms with Crippen LogP contribution in [0.1, 0.15) is 37.0 Å². The molecule has 5 nitrogen and oxygen atoms in total. The minimum Gasteiger partial charge on any atom is -0.494 e. The lowest BCUT2D eigenvalue weighted by molar-refractivity contribution is -0.147. The van der Waals surface area contributed by atoms with E-state index in [-0.39, 0.29) is 12.5 Å². The Morgan fingerprint density at radius 2 is 2.19 bits per heavy atom. The van der Waals surface area contributed by atoms with E-state index in [0.717, 1.165) is 6.42 Å². The van der Waals surface area contributed by atoms with Crippen molar-refractivity contribution < 1.29 is 19.4 Å². The molecule has 1 saturated heterocycles. The molecule has 1 aliphatic rings. The van der Waals surface area contributed by atoms with Crippen molar-refractivity contribution in [3.63, 3.8) is 0 Å². The summed E-state index contributed by atoms with van der Waals surface area (Å²) in [7, 11) is 0. The molecule has 114 valence electrons. The number of hydrogen-bond acceptors (Lipinski definition) is 3. The molecule has 1 aliphatic heterocycles. The Labute approximate surface area is 124 Å². The van der Waals surface area contributed by atoms with E-state index in [2.05, 4.69) is 0 Å². The molecule has 21 heavy (non-hydrogen) atoms. The van der Waals surface area contributed by atoms with Crippen LogP contribution >= 0.6 is 0 Å². The van der Waals surface area contributed by atoms with Gasteiger partial charge in [0.05, 0.1) is 12.0 Å². The minimum absolute atomic E-state index is 0.137. The molecule has 1 N–H and O–H groups in total. The highest BCUT2D eigenvalue weighted by molar-refractivity contribution is 5.95. The third-order valence-corrected chi connectivity index (χ3v) is 3.83. The Bertz CT molecular complexity index is 543. The molecule has 0 radical (unpaired) electrons. The molecule has 5 heteroatoms. The van der Waals surface area contributed by atoms with Gasteiger partial charge in [0.25, 0.3) is 5.91 Å². The van der Waals surface area contributed by atoms with Gasteiger partial charge in [-0.3, -0.25) is 9.59 Å². The van der Waals surface area contributed by atoms with Crippen LogP contribution in [0.4, 0.5) is 0 Å². The topological polar surface area (TPSA) is 66.8 Å². The van der Waals surface area contributed by atoms with Gasteiger partial charge in [-0.25, -0.2) is 0 Å². The van der Waals surface area contributed by atoms with Crippen LogP contribution in [0.25, 0.3) is 0 Å². The maximum atomic E-state index is 12.5. The van der Waals surface area contributed by atoms with Crippen molar-refractivity contribution >= 4 is 11.9 Å². The Kier molecular flexibility index (Phi) is 4.50. The quantitative estimate of drug-likeness (QED) is 0.904. The zero-order chi connectivity index (χ0) is 15.5. The lowest BCUT2D eigenvalue weighted by atomic mass is 9.90. The van der Waals surface area contributed by atoms with Crippen molar-refractivity contribution in [2.45, 2.75) is 26.7 Å². The number of carboxylic acid groups (broad SMARTS) is 1. The van der Waals surface area contributed by atoms with Gasteiger partial charge >= 0.3 is 5.97 Å². The number of benzene rings is 1. The number of carboxylic acids is 1. The first-order chi connectivity index (χ1) is 9.96. The molecule has 0 spiro atoms. The summed E-state index contributed by atoms with van der Waals surface area (Å²) in [5.41, 5.74) is -0.301. The van der Waals surface area contributed by atoms with E-state index in [1.807, 2.05) is 13.0 Å². The molecule has 0 saturated carbocycles. The second-order valence-corrected chi connectivity index (χ2v) is 5.72. The van der Waals surface area contributed by atoms with Crippen molar-refractivity contribution in [2.75, 3.05) is 19.7 Å². The largest absolute Gasteiger partial charge is 0.494 e. The van der Waals surface area contributed by atoms with E-state index in [1.54, 1.807) is 30.0 Å². The SMILES string of the molecule is CCCOc1cccc(C(=O)N2CC[C@](C)(C(=O)O)C2)c1. The van der Waals surface area contributed by atoms with Gasteiger partial charge in [0, 0.05) is 18.7 Å². The predicted molar refractivity (Wildman–Crippen MR) is 78.5 cm³/mol. The smallest absolute Gasteiger partial charge is 0.311 e. The molecule has 1 aromatic rings. The highest BCUT2D eigenvalue weighted by Gasteiger charge is 2.42. The number of carbonyl (C=O) groups is 2. The number of ether oxygens (including phenoxy) is 1. The van der Waals surface area contributed by atoms with E-state index in [9.17, 15) is 14.7 Å². The third kappa shape index (κ3) is 3.35. The zero-order valence-electron chi connectivity index (χ0n) is 12.5. The van der Waals surface area contributed by atoms with Crippen molar-refractivity contribution in [1.29, 1.82) is 0 Å². The van der Waals surface area contributed by atoms with Crippen LogP contribution in [0.3, 0.4) is 0 Å². The van der Waals surface area contributed by atoms with Gasteiger partial charge in [0.15, 0.2) is 0 Å². The molecule has 0 unspecified atom stereocenters. The molecule has 1 fully saturated rings. The monoisotopic (exact) mass is 291 g/mol. The van der Waals surface area contributed by atoms with Gasteiger partial charge in [-0.1, -0.05) is 13.0 Å². The predicted octanol–water partition coefficient (Wildman–Crippen LogP) is 2.41. The van der Waals surface area contributed by atoms with E-state index in [4.69, 9.17) is 4.74 Å². The molecule has 1 aromatic carbocycles. The average molecular weight is 291 g/mol. The zero-order valence-corrected chi connectivity index (χ0v) is 12.5. The molecule has 1 heterocycles. The Balaban J connectivity index is 2.09. The van der Waals surface area contributed by atoms with Gasteiger partial charge in [-0.2, -0.15) is 0 Å². The molecular weight excluding hydrogens is 270 g/mol. The maximum absolute atomic E-state index is 12.5. The summed E-state index contributed by atoms with van der Waals surface area (Å²) in [6, 6.07) is 7.05. The number of amides is 1. The Morgan fingerprint density at radius 3 is 2.81 bits per heavy atom. The molecule has 2 rings (SSSR count). The van der Waals surface area contributed by atoms with Crippen molar-refractivity contribution in [1.82, 2.24) is 4.90 Å². The van der Waals surface area contributed by atoms with E-state index < -0.39 is 11.4 Å². The van der Waals surface area contributed by atoms with Crippen LogP contribution in [0.2, 0.25) is 0 Å². The minimum atomic E-state index is -0.849. The standard InChI is InChI=1S/C16H21NO4/c1-3-9-21-13-6-4-5-12(10-13)14(18)17-8-7-16(2,11-17)15(19)20/h4-6,10H,3,7-9,11H2,1-2H3,(H,19,20)/t16-/m0/s1. The van der Waals surface area contributed by atoms with Gasteiger partial charge in [0.1, 0.15) is 5.75 Å². The first-order valence-electron chi connectivity index (χ1n) is 7.22. The summed E-state index contributed by atoms with van der Waals surface area (Å²) in [6.07, 6.45) is 1.39. The number of hydrogen-bond donors (Lipinski definition) is 1. The fourth-order valence-corrected chi connectivity index (χ4v) is 2.43. The van der Waals surface area contributed by atoms with Gasteiger partial charge < -0.3 is 14.7 Å². The Hall–Kier alpha value is -2.04. The van der Waals surface area contributed by atoms with Crippen molar-refractivity contribution in [2.24, 2.45) is 5.41 Å². The first kappa shape index (κ1) is 15.4. The highest BCUT2D eigenvalue weighted by atomic mass is 16.5. The number of nitrogens with zero attached hydrogens (tertiary/aromatic N) is 1. The number of rotatable bonds is 5. The fourth-order valence-electron chi connectivity index (χ4n) is 2.43. The summed E-state index contributed by atoms with van der Waals surface area (Å²) < 4.78 is 5.52. The molecule has 1 atom stereocenters. The summed E-state index contributed by atoms with van der Waals surface area (Å²) in [6.45, 7) is 5.04. The second kappa shape index (κ2) is 6.16. The second-order valence-electron chi connectivity index (χ2n) is 5.72. The molecule has 0 aromatic heterocycles. The van der Waals surface area contributed by atoms with Crippen LogP contribution in [0.5, 0.6) is 5.75 Å². The van der Waals surface area contributed by atoms with E-state index in [1.165, 1.54) is 0 Å². The molecule has 1 amide bonds. The van der Waals surface area contributed by atoms with Gasteiger partial charge in [-0.05, 0) is 38.0 Å². The fraction of sp³-hybridized carbons (Fsp3) is 0.500. The maximum Gasteiger partial charge on any atom is 0.311 e.